The Morgan fingerprint density at radius 1 is 1.27 bits per heavy atom. The maximum Gasteiger partial charge on any atom is 0.341 e. The lowest BCUT2D eigenvalue weighted by molar-refractivity contribution is -0.116. The number of amides is 1. The highest BCUT2D eigenvalue weighted by molar-refractivity contribution is 7.99. The molecule has 0 fully saturated rings. The molecule has 0 radical (unpaired) electrons. The minimum absolute atomic E-state index is 0.0532. The Labute approximate surface area is 186 Å². The highest BCUT2D eigenvalue weighted by atomic mass is 32.2. The van der Waals surface area contributed by atoms with Gasteiger partial charge in [-0.05, 0) is 74.1 Å². The SMILES string of the molecule is CCOC(=O)c1c(NC(=O)CCCSc2ccc(OC)cc2)sc2c1CCC(C)C2. The van der Waals surface area contributed by atoms with Gasteiger partial charge < -0.3 is 14.8 Å². The van der Waals surface area contributed by atoms with E-state index in [2.05, 4.69) is 12.2 Å². The fraction of sp³-hybridized carbons (Fsp3) is 0.478. The monoisotopic (exact) mass is 447 g/mol. The molecule has 5 nitrogen and oxygen atoms in total. The van der Waals surface area contributed by atoms with Crippen molar-refractivity contribution in [3.05, 3.63) is 40.3 Å². The molecule has 1 atom stereocenters. The van der Waals surface area contributed by atoms with E-state index in [1.54, 1.807) is 25.8 Å². The van der Waals surface area contributed by atoms with Crippen LogP contribution in [0.4, 0.5) is 5.00 Å². The molecule has 1 amide bonds. The van der Waals surface area contributed by atoms with Gasteiger partial charge in [-0.15, -0.1) is 23.1 Å². The van der Waals surface area contributed by atoms with Crippen LogP contribution in [0.15, 0.2) is 29.2 Å². The summed E-state index contributed by atoms with van der Waals surface area (Å²) in [5, 5.41) is 3.64. The molecule has 7 heteroatoms. The molecule has 1 heterocycles. The van der Waals surface area contributed by atoms with Crippen molar-refractivity contribution >= 4 is 40.0 Å². The Morgan fingerprint density at radius 3 is 2.73 bits per heavy atom. The van der Waals surface area contributed by atoms with Gasteiger partial charge in [0, 0.05) is 16.2 Å². The second kappa shape index (κ2) is 10.9. The minimum atomic E-state index is -0.324. The number of benzene rings is 1. The van der Waals surface area contributed by atoms with Crippen molar-refractivity contribution in [1.82, 2.24) is 0 Å². The molecule has 162 valence electrons. The molecule has 30 heavy (non-hydrogen) atoms. The van der Waals surface area contributed by atoms with E-state index in [9.17, 15) is 9.59 Å². The van der Waals surface area contributed by atoms with E-state index < -0.39 is 0 Å². The summed E-state index contributed by atoms with van der Waals surface area (Å²) in [5.41, 5.74) is 1.65. The lowest BCUT2D eigenvalue weighted by Crippen LogP contribution is -2.16. The highest BCUT2D eigenvalue weighted by Crippen LogP contribution is 2.40. The van der Waals surface area contributed by atoms with Crippen LogP contribution < -0.4 is 10.1 Å². The molecule has 1 N–H and O–H groups in total. The number of hydrogen-bond acceptors (Lipinski definition) is 6. The molecule has 1 unspecified atom stereocenters. The lowest BCUT2D eigenvalue weighted by atomic mass is 9.88. The van der Waals surface area contributed by atoms with E-state index in [1.165, 1.54) is 16.2 Å². The second-order valence-electron chi connectivity index (χ2n) is 7.45. The second-order valence-corrected chi connectivity index (χ2v) is 9.73. The normalized spacial score (nSPS) is 15.4. The van der Waals surface area contributed by atoms with Gasteiger partial charge in [-0.25, -0.2) is 4.79 Å². The lowest BCUT2D eigenvalue weighted by Gasteiger charge is -2.18. The van der Waals surface area contributed by atoms with Gasteiger partial charge in [-0.2, -0.15) is 0 Å². The third-order valence-corrected chi connectivity index (χ3v) is 7.39. The van der Waals surface area contributed by atoms with Gasteiger partial charge in [0.15, 0.2) is 0 Å². The third-order valence-electron chi connectivity index (χ3n) is 5.12. The van der Waals surface area contributed by atoms with Gasteiger partial charge in [0.2, 0.25) is 5.91 Å². The number of methoxy groups -OCH3 is 1. The maximum atomic E-state index is 12.5. The highest BCUT2D eigenvalue weighted by Gasteiger charge is 2.29. The Bertz CT molecular complexity index is 876. The number of fused-ring (bicyclic) bond motifs is 1. The van der Waals surface area contributed by atoms with Gasteiger partial charge in [-0.1, -0.05) is 6.92 Å². The van der Waals surface area contributed by atoms with Crippen LogP contribution in [0.3, 0.4) is 0 Å². The fourth-order valence-corrected chi connectivity index (χ4v) is 5.81. The average Bonchev–Trinajstić information content (AvgIpc) is 3.08. The summed E-state index contributed by atoms with van der Waals surface area (Å²) in [7, 11) is 1.65. The first-order valence-electron chi connectivity index (χ1n) is 10.4. The van der Waals surface area contributed by atoms with Gasteiger partial charge in [-0.3, -0.25) is 4.79 Å². The quantitative estimate of drug-likeness (QED) is 0.309. The van der Waals surface area contributed by atoms with Crippen LogP contribution in [-0.4, -0.2) is 31.3 Å². The van der Waals surface area contributed by atoms with Gasteiger partial charge in [0.05, 0.1) is 19.3 Å². The topological polar surface area (TPSA) is 64.6 Å². The number of thioether (sulfide) groups is 1. The molecule has 0 aliphatic heterocycles. The van der Waals surface area contributed by atoms with E-state index >= 15 is 0 Å². The molecule has 0 saturated heterocycles. The first-order valence-corrected chi connectivity index (χ1v) is 12.2. The largest absolute Gasteiger partial charge is 0.497 e. The van der Waals surface area contributed by atoms with Gasteiger partial charge >= 0.3 is 5.97 Å². The molecule has 3 rings (SSSR count). The van der Waals surface area contributed by atoms with E-state index in [4.69, 9.17) is 9.47 Å². The number of esters is 1. The number of nitrogens with one attached hydrogen (secondary N) is 1. The van der Waals surface area contributed by atoms with Crippen molar-refractivity contribution in [2.45, 2.75) is 50.8 Å². The summed E-state index contributed by atoms with van der Waals surface area (Å²) >= 11 is 3.26. The molecule has 1 aromatic carbocycles. The summed E-state index contributed by atoms with van der Waals surface area (Å²) in [6.45, 7) is 4.36. The predicted octanol–water partition coefficient (Wildman–Crippen LogP) is 5.57. The molecule has 2 aromatic rings. The number of rotatable bonds is 9. The first-order chi connectivity index (χ1) is 14.5. The summed E-state index contributed by atoms with van der Waals surface area (Å²) in [4.78, 5) is 27.4. The molecule has 0 bridgehead atoms. The van der Waals surface area contributed by atoms with E-state index in [0.717, 1.165) is 47.6 Å². The summed E-state index contributed by atoms with van der Waals surface area (Å²) in [6.07, 6.45) is 4.08. The number of anilines is 1. The number of carbonyl (C=O) groups is 2. The van der Waals surface area contributed by atoms with Crippen molar-refractivity contribution in [2.24, 2.45) is 5.92 Å². The third kappa shape index (κ3) is 5.79. The number of ether oxygens (including phenoxy) is 2. The Kier molecular flexibility index (Phi) is 8.22. The zero-order chi connectivity index (χ0) is 21.5. The first kappa shape index (κ1) is 22.7. The Morgan fingerprint density at radius 2 is 2.03 bits per heavy atom. The summed E-state index contributed by atoms with van der Waals surface area (Å²) in [5.74, 6) is 1.91. The van der Waals surface area contributed by atoms with Crippen molar-refractivity contribution < 1.29 is 19.1 Å². The smallest absolute Gasteiger partial charge is 0.341 e. The van der Waals surface area contributed by atoms with Crippen molar-refractivity contribution in [3.8, 4) is 5.75 Å². The molecule has 1 aliphatic carbocycles. The van der Waals surface area contributed by atoms with Crippen molar-refractivity contribution in [2.75, 3.05) is 24.8 Å². The molecular weight excluding hydrogens is 418 g/mol. The number of thiophene rings is 1. The Hall–Kier alpha value is -1.99. The number of hydrogen-bond donors (Lipinski definition) is 1. The van der Waals surface area contributed by atoms with Gasteiger partial charge in [0.1, 0.15) is 10.8 Å². The molecule has 1 aliphatic rings. The minimum Gasteiger partial charge on any atom is -0.497 e. The van der Waals surface area contributed by atoms with E-state index in [-0.39, 0.29) is 11.9 Å². The summed E-state index contributed by atoms with van der Waals surface area (Å²) in [6, 6.07) is 7.91. The maximum absolute atomic E-state index is 12.5. The zero-order valence-corrected chi connectivity index (χ0v) is 19.4. The van der Waals surface area contributed by atoms with Crippen LogP contribution in [0, 0.1) is 5.92 Å². The Balaban J connectivity index is 1.56. The zero-order valence-electron chi connectivity index (χ0n) is 17.8. The van der Waals surface area contributed by atoms with Crippen LogP contribution in [0.1, 0.15) is 53.9 Å². The number of carbonyl (C=O) groups excluding carboxylic acids is 2. The van der Waals surface area contributed by atoms with Crippen molar-refractivity contribution in [3.63, 3.8) is 0 Å². The molecular formula is C23H29NO4S2. The van der Waals surface area contributed by atoms with Crippen molar-refractivity contribution in [1.29, 1.82) is 0 Å². The van der Waals surface area contributed by atoms with Crippen LogP contribution in [-0.2, 0) is 22.4 Å². The van der Waals surface area contributed by atoms with Crippen LogP contribution in [0.25, 0.3) is 0 Å². The van der Waals surface area contributed by atoms with Crippen LogP contribution >= 0.6 is 23.1 Å². The fourth-order valence-electron chi connectivity index (χ4n) is 3.54. The summed E-state index contributed by atoms with van der Waals surface area (Å²) < 4.78 is 10.4. The predicted molar refractivity (Wildman–Crippen MR) is 123 cm³/mol. The van der Waals surface area contributed by atoms with Crippen LogP contribution in [0.5, 0.6) is 5.75 Å². The standard InChI is InChI=1S/C23H29NO4S2/c1-4-28-23(26)21-18-12-7-15(2)14-19(18)30-22(21)24-20(25)6-5-13-29-17-10-8-16(27-3)9-11-17/h8-11,15H,4-7,12-14H2,1-3H3,(H,24,25). The molecule has 1 aromatic heterocycles. The van der Waals surface area contributed by atoms with E-state index in [0.29, 0.717) is 29.5 Å². The molecule has 0 saturated carbocycles. The van der Waals surface area contributed by atoms with E-state index in [1.807, 2.05) is 24.3 Å². The molecule has 0 spiro atoms. The van der Waals surface area contributed by atoms with Crippen LogP contribution in [0.2, 0.25) is 0 Å². The van der Waals surface area contributed by atoms with Gasteiger partial charge in [0.25, 0.3) is 0 Å². The average molecular weight is 448 g/mol.